The van der Waals surface area contributed by atoms with Crippen LogP contribution in [-0.2, 0) is 22.5 Å². The van der Waals surface area contributed by atoms with Gasteiger partial charge < -0.3 is 9.15 Å². The first-order chi connectivity index (χ1) is 7.58. The van der Waals surface area contributed by atoms with Gasteiger partial charge in [-0.15, -0.1) is 0 Å². The van der Waals surface area contributed by atoms with Gasteiger partial charge in [0.25, 0.3) is 0 Å². The van der Waals surface area contributed by atoms with Gasteiger partial charge in [0, 0.05) is 6.20 Å². The van der Waals surface area contributed by atoms with E-state index in [4.69, 9.17) is 0 Å². The first-order valence-electron chi connectivity index (χ1n) is 4.97. The van der Waals surface area contributed by atoms with E-state index in [1.807, 2.05) is 0 Å². The first kappa shape index (κ1) is 12.2. The molecule has 1 rings (SSSR count). The van der Waals surface area contributed by atoms with Gasteiger partial charge in [-0.2, -0.15) is 0 Å². The molecular weight excluding hydrogens is 214 g/mol. The zero-order valence-electron chi connectivity index (χ0n) is 9.19. The highest BCUT2D eigenvalue weighted by molar-refractivity contribution is 5.69. The molecule has 0 aliphatic heterocycles. The summed E-state index contributed by atoms with van der Waals surface area (Å²) in [4.78, 5) is 33.5. The average molecular weight is 227 g/mol. The molecule has 0 unspecified atom stereocenters. The van der Waals surface area contributed by atoms with Crippen LogP contribution in [0.15, 0.2) is 20.2 Å². The van der Waals surface area contributed by atoms with E-state index in [0.29, 0.717) is 12.0 Å². The summed E-state index contributed by atoms with van der Waals surface area (Å²) in [7, 11) is 0. The number of carbonyl (C=O) groups excluding carboxylic acids is 1. The summed E-state index contributed by atoms with van der Waals surface area (Å²) in [6, 6.07) is 0. The van der Waals surface area contributed by atoms with Gasteiger partial charge in [-0.05, 0) is 13.3 Å². The maximum atomic E-state index is 11.2. The Hall–Kier alpha value is -1.85. The van der Waals surface area contributed by atoms with Gasteiger partial charge in [-0.3, -0.25) is 9.36 Å². The first-order valence-corrected chi connectivity index (χ1v) is 4.97. The van der Waals surface area contributed by atoms with Gasteiger partial charge in [0.1, 0.15) is 6.54 Å². The van der Waals surface area contributed by atoms with E-state index in [9.17, 15) is 14.4 Å². The van der Waals surface area contributed by atoms with Crippen LogP contribution in [0.2, 0.25) is 0 Å². The Morgan fingerprint density at radius 3 is 2.69 bits per heavy atom. The van der Waals surface area contributed by atoms with Crippen LogP contribution in [-0.4, -0.2) is 17.1 Å². The normalized spacial score (nSPS) is 10.1. The predicted molar refractivity (Wildman–Crippen MR) is 55.2 cm³/mol. The lowest BCUT2D eigenvalue weighted by Crippen LogP contribution is -2.29. The van der Waals surface area contributed by atoms with Crippen LogP contribution in [0, 0.1) is 0 Å². The lowest BCUT2D eigenvalue weighted by Gasteiger charge is -2.04. The molecule has 0 aliphatic rings. The van der Waals surface area contributed by atoms with Crippen molar-refractivity contribution < 1.29 is 13.9 Å². The standard InChI is InChI=1S/C10H13NO5/c1-3-7-5-11(6-8(12)15-4-2)10(14)16-9(7)13/h5H,3-4,6H2,1-2H3. The second kappa shape index (κ2) is 5.29. The van der Waals surface area contributed by atoms with Crippen molar-refractivity contribution in [3.05, 3.63) is 32.7 Å². The van der Waals surface area contributed by atoms with Gasteiger partial charge in [0.2, 0.25) is 0 Å². The summed E-state index contributed by atoms with van der Waals surface area (Å²) in [6.07, 6.45) is 1.76. The summed E-state index contributed by atoms with van der Waals surface area (Å²) >= 11 is 0. The number of carbonyl (C=O) groups is 1. The Labute approximate surface area is 91.5 Å². The minimum atomic E-state index is -0.852. The number of esters is 1. The third-order valence-electron chi connectivity index (χ3n) is 1.97. The van der Waals surface area contributed by atoms with Crippen LogP contribution >= 0.6 is 0 Å². The molecule has 88 valence electrons. The van der Waals surface area contributed by atoms with Crippen molar-refractivity contribution in [1.82, 2.24) is 4.57 Å². The van der Waals surface area contributed by atoms with E-state index in [-0.39, 0.29) is 13.2 Å². The Morgan fingerprint density at radius 2 is 2.12 bits per heavy atom. The number of hydrogen-bond donors (Lipinski definition) is 0. The van der Waals surface area contributed by atoms with Crippen molar-refractivity contribution in [3.8, 4) is 0 Å². The van der Waals surface area contributed by atoms with Crippen LogP contribution < -0.4 is 11.4 Å². The lowest BCUT2D eigenvalue weighted by molar-refractivity contribution is -0.144. The van der Waals surface area contributed by atoms with E-state index in [0.717, 1.165) is 4.57 Å². The van der Waals surface area contributed by atoms with Crippen molar-refractivity contribution in [2.75, 3.05) is 6.61 Å². The smallest absolute Gasteiger partial charge is 0.422 e. The average Bonchev–Trinajstić information content (AvgIpc) is 2.22. The molecule has 1 aromatic heterocycles. The topological polar surface area (TPSA) is 78.5 Å². The monoisotopic (exact) mass is 227 g/mol. The van der Waals surface area contributed by atoms with Crippen LogP contribution in [0.4, 0.5) is 0 Å². The molecule has 0 radical (unpaired) electrons. The molecule has 6 nitrogen and oxygen atoms in total. The molecule has 0 amide bonds. The Kier molecular flexibility index (Phi) is 4.04. The maximum Gasteiger partial charge on any atom is 0.422 e. The number of ether oxygens (including phenoxy) is 1. The SMILES string of the molecule is CCOC(=O)Cn1cc(CC)c(=O)oc1=O. The number of rotatable bonds is 4. The molecule has 0 N–H and O–H groups in total. The summed E-state index contributed by atoms with van der Waals surface area (Å²) in [5.74, 6) is -1.39. The zero-order valence-corrected chi connectivity index (χ0v) is 9.19. The van der Waals surface area contributed by atoms with Crippen molar-refractivity contribution >= 4 is 5.97 Å². The molecule has 0 saturated heterocycles. The highest BCUT2D eigenvalue weighted by Crippen LogP contribution is 1.91. The van der Waals surface area contributed by atoms with Gasteiger partial charge in [0.15, 0.2) is 0 Å². The van der Waals surface area contributed by atoms with Crippen molar-refractivity contribution in [2.45, 2.75) is 26.8 Å². The van der Waals surface area contributed by atoms with Gasteiger partial charge in [-0.1, -0.05) is 6.92 Å². The molecule has 1 aromatic rings. The Balaban J connectivity index is 3.01. The fraction of sp³-hybridized carbons (Fsp3) is 0.500. The molecule has 0 aliphatic carbocycles. The Morgan fingerprint density at radius 1 is 1.44 bits per heavy atom. The zero-order chi connectivity index (χ0) is 12.1. The van der Waals surface area contributed by atoms with Crippen LogP contribution in [0.25, 0.3) is 0 Å². The molecule has 0 spiro atoms. The van der Waals surface area contributed by atoms with E-state index in [1.165, 1.54) is 6.20 Å². The molecule has 0 aromatic carbocycles. The number of aromatic nitrogens is 1. The molecule has 0 fully saturated rings. The predicted octanol–water partition coefficient (Wildman–Crippen LogP) is -0.0730. The highest BCUT2D eigenvalue weighted by atomic mass is 16.5. The van der Waals surface area contributed by atoms with Crippen LogP contribution in [0.3, 0.4) is 0 Å². The summed E-state index contributed by atoms with van der Waals surface area (Å²) in [5, 5.41) is 0. The van der Waals surface area contributed by atoms with Crippen molar-refractivity contribution in [3.63, 3.8) is 0 Å². The van der Waals surface area contributed by atoms with Gasteiger partial charge in [-0.25, -0.2) is 9.59 Å². The second-order valence-corrected chi connectivity index (χ2v) is 3.10. The van der Waals surface area contributed by atoms with Crippen molar-refractivity contribution in [1.29, 1.82) is 0 Å². The summed E-state index contributed by atoms with van der Waals surface area (Å²) in [5.41, 5.74) is -0.309. The number of nitrogens with zero attached hydrogens (tertiary/aromatic N) is 1. The van der Waals surface area contributed by atoms with Gasteiger partial charge in [0.05, 0.1) is 12.2 Å². The fourth-order valence-corrected chi connectivity index (χ4v) is 1.19. The molecular formula is C10H13NO5. The molecule has 0 bridgehead atoms. The number of hydrogen-bond acceptors (Lipinski definition) is 5. The van der Waals surface area contributed by atoms with E-state index in [2.05, 4.69) is 9.15 Å². The molecule has 16 heavy (non-hydrogen) atoms. The van der Waals surface area contributed by atoms with Crippen LogP contribution in [0.1, 0.15) is 19.4 Å². The summed E-state index contributed by atoms with van der Waals surface area (Å²) in [6.45, 7) is 3.42. The van der Waals surface area contributed by atoms with Gasteiger partial charge >= 0.3 is 17.4 Å². The minimum absolute atomic E-state index is 0.241. The third kappa shape index (κ3) is 2.82. The van der Waals surface area contributed by atoms with Crippen molar-refractivity contribution in [2.24, 2.45) is 0 Å². The minimum Gasteiger partial charge on any atom is -0.465 e. The second-order valence-electron chi connectivity index (χ2n) is 3.10. The molecule has 1 heterocycles. The lowest BCUT2D eigenvalue weighted by atomic mass is 10.3. The van der Waals surface area contributed by atoms with E-state index in [1.54, 1.807) is 13.8 Å². The quantitative estimate of drug-likeness (QED) is 0.672. The Bertz CT molecular complexity index is 485. The molecule has 0 saturated carbocycles. The van der Waals surface area contributed by atoms with Crippen LogP contribution in [0.5, 0.6) is 0 Å². The molecule has 0 atom stereocenters. The third-order valence-corrected chi connectivity index (χ3v) is 1.97. The van der Waals surface area contributed by atoms with E-state index < -0.39 is 17.4 Å². The molecule has 6 heteroatoms. The highest BCUT2D eigenvalue weighted by Gasteiger charge is 2.09. The van der Waals surface area contributed by atoms with E-state index >= 15 is 0 Å². The fourth-order valence-electron chi connectivity index (χ4n) is 1.19. The summed E-state index contributed by atoms with van der Waals surface area (Å²) < 4.78 is 10.2. The largest absolute Gasteiger partial charge is 0.465 e. The number of aryl methyl sites for hydroxylation is 1. The maximum absolute atomic E-state index is 11.2.